The first-order valence-electron chi connectivity index (χ1n) is 10.4. The van der Waals surface area contributed by atoms with Crippen molar-refractivity contribution in [3.63, 3.8) is 0 Å². The van der Waals surface area contributed by atoms with Gasteiger partial charge in [-0.1, -0.05) is 30.0 Å². The molecule has 2 amide bonds. The minimum Gasteiger partial charge on any atom is -0.481 e. The van der Waals surface area contributed by atoms with Gasteiger partial charge >= 0.3 is 18.3 Å². The van der Waals surface area contributed by atoms with Crippen molar-refractivity contribution in [3.05, 3.63) is 58.0 Å². The van der Waals surface area contributed by atoms with Crippen molar-refractivity contribution in [2.75, 3.05) is 13.2 Å². The first kappa shape index (κ1) is 29.0. The van der Waals surface area contributed by atoms with E-state index in [-0.39, 0.29) is 45.1 Å². The lowest BCUT2D eigenvalue weighted by atomic mass is 9.97. The number of carbonyl (C=O) groups excluding carboxylic acids is 2. The molecule has 202 valence electrons. The number of primary amides is 1. The van der Waals surface area contributed by atoms with Gasteiger partial charge < -0.3 is 15.6 Å². The Labute approximate surface area is 220 Å². The van der Waals surface area contributed by atoms with E-state index in [9.17, 15) is 40.7 Å². The Morgan fingerprint density at radius 3 is 2.16 bits per heavy atom. The molecule has 1 aliphatic rings. The zero-order valence-electron chi connectivity index (χ0n) is 18.9. The quantitative estimate of drug-likeness (QED) is 0.260. The van der Waals surface area contributed by atoms with E-state index >= 15 is 0 Å². The summed E-state index contributed by atoms with van der Waals surface area (Å²) in [4.78, 5) is 35.9. The standard InChI is InChI=1S/C23H16F6N2O5S2/c24-22(25,26)14-6-12(7-15(9-14)23(27,28)29)11-1-2-16(36-10-19(33)34)13(5-11)8-17-20(35)31(21(37)38-17)4-3-18(30)32/h1-2,5-9H,3-4,10H2,(H2,30,32)(H,33,34). The molecule has 1 saturated heterocycles. The lowest BCUT2D eigenvalue weighted by Gasteiger charge is -2.15. The maximum absolute atomic E-state index is 13.3. The summed E-state index contributed by atoms with van der Waals surface area (Å²) in [5.74, 6) is -2.78. The fourth-order valence-corrected chi connectivity index (χ4v) is 4.59. The third-order valence-corrected chi connectivity index (χ3v) is 6.40. The summed E-state index contributed by atoms with van der Waals surface area (Å²) in [7, 11) is 0. The molecule has 0 aromatic heterocycles. The maximum atomic E-state index is 13.3. The summed E-state index contributed by atoms with van der Waals surface area (Å²) in [6.07, 6.45) is -9.10. The Bertz CT molecular complexity index is 1310. The fourth-order valence-electron chi connectivity index (χ4n) is 3.29. The molecule has 0 atom stereocenters. The highest BCUT2D eigenvalue weighted by Gasteiger charge is 2.37. The van der Waals surface area contributed by atoms with Crippen LogP contribution in [0.5, 0.6) is 5.75 Å². The van der Waals surface area contributed by atoms with E-state index in [0.29, 0.717) is 12.1 Å². The van der Waals surface area contributed by atoms with Gasteiger partial charge in [-0.05, 0) is 47.5 Å². The summed E-state index contributed by atoms with van der Waals surface area (Å²) < 4.78 is 85.3. The van der Waals surface area contributed by atoms with Crippen LogP contribution in [0.15, 0.2) is 41.3 Å². The van der Waals surface area contributed by atoms with Gasteiger partial charge in [-0.2, -0.15) is 26.3 Å². The van der Waals surface area contributed by atoms with Gasteiger partial charge in [0.25, 0.3) is 5.91 Å². The average molecular weight is 579 g/mol. The van der Waals surface area contributed by atoms with Gasteiger partial charge in [0.15, 0.2) is 6.61 Å². The lowest BCUT2D eigenvalue weighted by Crippen LogP contribution is -2.31. The van der Waals surface area contributed by atoms with Crippen LogP contribution in [-0.2, 0) is 26.7 Å². The van der Waals surface area contributed by atoms with Gasteiger partial charge in [-0.15, -0.1) is 0 Å². The Morgan fingerprint density at radius 1 is 1.03 bits per heavy atom. The Hall–Kier alpha value is -3.59. The number of hydrogen-bond acceptors (Lipinski definition) is 6. The van der Waals surface area contributed by atoms with Gasteiger partial charge in [0.05, 0.1) is 16.0 Å². The lowest BCUT2D eigenvalue weighted by molar-refractivity contribution is -0.143. The van der Waals surface area contributed by atoms with Crippen molar-refractivity contribution in [2.45, 2.75) is 18.8 Å². The third kappa shape index (κ3) is 7.04. The number of thiocarbonyl (C=S) groups is 1. The molecule has 0 spiro atoms. The molecule has 1 aliphatic heterocycles. The summed E-state index contributed by atoms with van der Waals surface area (Å²) in [5, 5.41) is 8.94. The number of halogens is 6. The van der Waals surface area contributed by atoms with E-state index in [2.05, 4.69) is 0 Å². The molecule has 0 aliphatic carbocycles. The summed E-state index contributed by atoms with van der Waals surface area (Å²) >= 11 is 5.96. The van der Waals surface area contributed by atoms with Crippen molar-refractivity contribution in [1.82, 2.24) is 4.90 Å². The number of ether oxygens (including phenoxy) is 1. The van der Waals surface area contributed by atoms with Crippen LogP contribution in [0.4, 0.5) is 26.3 Å². The van der Waals surface area contributed by atoms with E-state index in [1.807, 2.05) is 0 Å². The molecule has 7 nitrogen and oxygen atoms in total. The molecule has 1 heterocycles. The molecular formula is C23H16F6N2O5S2. The summed E-state index contributed by atoms with van der Waals surface area (Å²) in [6, 6.07) is 4.54. The molecule has 0 bridgehead atoms. The Balaban J connectivity index is 2.11. The van der Waals surface area contributed by atoms with E-state index in [1.54, 1.807) is 0 Å². The number of nitrogens with two attached hydrogens (primary N) is 1. The monoisotopic (exact) mass is 578 g/mol. The van der Waals surface area contributed by atoms with E-state index in [0.717, 1.165) is 34.9 Å². The smallest absolute Gasteiger partial charge is 0.416 e. The second-order valence-corrected chi connectivity index (χ2v) is 9.46. The van der Waals surface area contributed by atoms with Gasteiger partial charge in [-0.3, -0.25) is 14.5 Å². The number of aliphatic carboxylic acids is 1. The minimum atomic E-state index is -5.07. The van der Waals surface area contributed by atoms with Crippen LogP contribution in [0.1, 0.15) is 23.1 Å². The van der Waals surface area contributed by atoms with Crippen LogP contribution >= 0.6 is 24.0 Å². The summed E-state index contributed by atoms with van der Waals surface area (Å²) in [6.45, 7) is -0.925. The van der Waals surface area contributed by atoms with E-state index in [4.69, 9.17) is 27.8 Å². The van der Waals surface area contributed by atoms with Crippen LogP contribution in [0, 0.1) is 0 Å². The molecule has 0 radical (unpaired) electrons. The maximum Gasteiger partial charge on any atom is 0.416 e. The number of carboxylic acids is 1. The second-order valence-electron chi connectivity index (χ2n) is 7.78. The zero-order valence-corrected chi connectivity index (χ0v) is 20.5. The number of carboxylic acid groups (broad SMARTS) is 1. The highest BCUT2D eigenvalue weighted by molar-refractivity contribution is 8.26. The summed E-state index contributed by atoms with van der Waals surface area (Å²) in [5.41, 5.74) is 1.52. The topological polar surface area (TPSA) is 110 Å². The molecule has 2 aromatic rings. The van der Waals surface area contributed by atoms with Gasteiger partial charge in [0.2, 0.25) is 5.91 Å². The molecule has 3 N–H and O–H groups in total. The molecular weight excluding hydrogens is 562 g/mol. The van der Waals surface area contributed by atoms with Crippen LogP contribution < -0.4 is 10.5 Å². The number of carbonyl (C=O) groups is 3. The average Bonchev–Trinajstić information content (AvgIpc) is 3.07. The second kappa shape index (κ2) is 11.0. The Morgan fingerprint density at radius 2 is 1.63 bits per heavy atom. The number of thioether (sulfide) groups is 1. The van der Waals surface area contributed by atoms with Crippen LogP contribution in [0.2, 0.25) is 0 Å². The van der Waals surface area contributed by atoms with Crippen LogP contribution in [0.25, 0.3) is 17.2 Å². The molecule has 0 saturated carbocycles. The molecule has 2 aromatic carbocycles. The largest absolute Gasteiger partial charge is 0.481 e. The van der Waals surface area contributed by atoms with Crippen molar-refractivity contribution in [3.8, 4) is 16.9 Å². The first-order chi connectivity index (χ1) is 17.6. The normalized spacial score (nSPS) is 15.3. The molecule has 3 rings (SSSR count). The predicted octanol–water partition coefficient (Wildman–Crippen LogP) is 4.93. The number of nitrogens with zero attached hydrogens (tertiary/aromatic N) is 1. The number of benzene rings is 2. The highest BCUT2D eigenvalue weighted by Crippen LogP contribution is 2.40. The van der Waals surface area contributed by atoms with E-state index < -0.39 is 53.4 Å². The van der Waals surface area contributed by atoms with Crippen LogP contribution in [-0.4, -0.2) is 45.3 Å². The number of hydrogen-bond donors (Lipinski definition) is 2. The molecule has 38 heavy (non-hydrogen) atoms. The zero-order chi connectivity index (χ0) is 28.4. The number of alkyl halides is 6. The van der Waals surface area contributed by atoms with E-state index in [1.165, 1.54) is 6.08 Å². The Kier molecular flexibility index (Phi) is 8.41. The van der Waals surface area contributed by atoms with Gasteiger partial charge in [-0.25, -0.2) is 4.79 Å². The van der Waals surface area contributed by atoms with Gasteiger partial charge in [0.1, 0.15) is 10.1 Å². The van der Waals surface area contributed by atoms with Crippen molar-refractivity contribution in [1.29, 1.82) is 0 Å². The van der Waals surface area contributed by atoms with Crippen molar-refractivity contribution in [2.24, 2.45) is 5.73 Å². The molecule has 15 heteroatoms. The van der Waals surface area contributed by atoms with Crippen molar-refractivity contribution < 1.29 is 50.6 Å². The number of rotatable bonds is 8. The fraction of sp³-hybridized carbons (Fsp3) is 0.217. The SMILES string of the molecule is NC(=O)CCN1C(=O)C(=Cc2cc(-c3cc(C(F)(F)F)cc(C(F)(F)F)c3)ccc2OCC(=O)O)SC1=S. The van der Waals surface area contributed by atoms with Crippen LogP contribution in [0.3, 0.4) is 0 Å². The molecule has 1 fully saturated rings. The first-order valence-corrected chi connectivity index (χ1v) is 11.6. The molecule has 0 unspecified atom stereocenters. The predicted molar refractivity (Wildman–Crippen MR) is 129 cm³/mol. The third-order valence-electron chi connectivity index (χ3n) is 5.02. The number of amides is 2. The minimum absolute atomic E-state index is 0.00295. The van der Waals surface area contributed by atoms with Gasteiger partial charge in [0, 0.05) is 18.5 Å². The highest BCUT2D eigenvalue weighted by atomic mass is 32.2. The van der Waals surface area contributed by atoms with Crippen molar-refractivity contribution >= 4 is 52.2 Å².